The van der Waals surface area contributed by atoms with Crippen molar-refractivity contribution < 1.29 is 31.0 Å². The van der Waals surface area contributed by atoms with E-state index >= 15 is 0 Å². The number of rotatable bonds is 5. The molecular formula is C17H24CoO3Si. The molecular weight excluding hydrogens is 339 g/mol. The van der Waals surface area contributed by atoms with Crippen molar-refractivity contribution in [3.8, 4) is 11.5 Å². The van der Waals surface area contributed by atoms with Crippen LogP contribution in [-0.2, 0) is 37.7 Å². The molecule has 1 aromatic carbocycles. The normalized spacial score (nSPS) is 12.6. The maximum atomic E-state index is 7.50. The quantitative estimate of drug-likeness (QED) is 0.596. The first-order chi connectivity index (χ1) is 9.92. The van der Waals surface area contributed by atoms with E-state index in [-0.39, 0.29) is 29.0 Å². The van der Waals surface area contributed by atoms with Crippen LogP contribution in [-0.4, -0.2) is 34.2 Å². The molecule has 3 radical (unpaired) electrons. The molecule has 0 saturated carbocycles. The maximum absolute atomic E-state index is 7.50. The van der Waals surface area contributed by atoms with E-state index in [2.05, 4.69) is 50.0 Å². The van der Waals surface area contributed by atoms with E-state index in [1.807, 2.05) is 25.1 Å². The van der Waals surface area contributed by atoms with Crippen molar-refractivity contribution in [2.75, 3.05) is 7.11 Å². The second-order valence-electron chi connectivity index (χ2n) is 5.68. The number of ether oxygens (including phenoxy) is 2. The van der Waals surface area contributed by atoms with Crippen LogP contribution >= 0.6 is 0 Å². The molecule has 0 heterocycles. The Morgan fingerprint density at radius 1 is 1.18 bits per heavy atom. The molecule has 0 fully saturated rings. The first-order valence-electron chi connectivity index (χ1n) is 6.84. The van der Waals surface area contributed by atoms with E-state index < -0.39 is 8.07 Å². The zero-order chi connectivity index (χ0) is 16.3. The number of benzene rings is 1. The summed E-state index contributed by atoms with van der Waals surface area (Å²) in [4.78, 5) is 7.50. The third-order valence-electron chi connectivity index (χ3n) is 2.63. The van der Waals surface area contributed by atoms with Crippen molar-refractivity contribution in [3.63, 3.8) is 0 Å². The Bertz CT molecular complexity index is 448. The van der Waals surface area contributed by atoms with Gasteiger partial charge >= 0.3 is 0 Å². The summed E-state index contributed by atoms with van der Waals surface area (Å²) in [5, 5.41) is 0. The van der Waals surface area contributed by atoms with Crippen LogP contribution in [0.4, 0.5) is 0 Å². The number of hydrogen-bond acceptors (Lipinski definition) is 3. The molecule has 1 rings (SSSR count). The van der Waals surface area contributed by atoms with Crippen LogP contribution < -0.4 is 0 Å². The van der Waals surface area contributed by atoms with Gasteiger partial charge in [-0.2, -0.15) is 0 Å². The van der Waals surface area contributed by atoms with Crippen molar-refractivity contribution in [2.45, 2.75) is 45.4 Å². The Hall–Kier alpha value is -0.907. The first-order valence-corrected chi connectivity index (χ1v) is 10.3. The van der Waals surface area contributed by atoms with Gasteiger partial charge in [0.25, 0.3) is 6.79 Å². The summed E-state index contributed by atoms with van der Waals surface area (Å²) in [7, 11) is 0.321. The van der Waals surface area contributed by atoms with Gasteiger partial charge in [-0.3, -0.25) is 4.79 Å². The van der Waals surface area contributed by atoms with E-state index in [0.717, 1.165) is 0 Å². The molecule has 0 aromatic heterocycles. The molecule has 22 heavy (non-hydrogen) atoms. The minimum Gasteiger partial charge on any atom is -0.370 e. The smallest absolute Gasteiger partial charge is 0.281 e. The Labute approximate surface area is 146 Å². The van der Waals surface area contributed by atoms with Crippen molar-refractivity contribution in [1.82, 2.24) is 0 Å². The van der Waals surface area contributed by atoms with E-state index in [4.69, 9.17) is 14.3 Å². The predicted octanol–water partition coefficient (Wildman–Crippen LogP) is 3.09. The van der Waals surface area contributed by atoms with Crippen LogP contribution in [0.15, 0.2) is 30.3 Å². The van der Waals surface area contributed by atoms with Gasteiger partial charge in [-0.15, -0.1) is 5.54 Å². The topological polar surface area (TPSA) is 35.5 Å². The Kier molecular flexibility index (Phi) is 13.4. The molecule has 2 atom stereocenters. The minimum absolute atomic E-state index is 0. The third-order valence-corrected chi connectivity index (χ3v) is 3.52. The second-order valence-corrected chi connectivity index (χ2v) is 10.4. The molecule has 0 saturated heterocycles. The molecule has 3 nitrogen and oxygen atoms in total. The van der Waals surface area contributed by atoms with Gasteiger partial charge in [0, 0.05) is 23.9 Å². The van der Waals surface area contributed by atoms with Crippen molar-refractivity contribution >= 4 is 14.9 Å². The van der Waals surface area contributed by atoms with E-state index in [0.29, 0.717) is 6.61 Å². The summed E-state index contributed by atoms with van der Waals surface area (Å²) in [5.74, 6) is 3.21. The SMILES string of the molecule is COC(C#C[Si](C)(C)C)[C@@H](C)OCc1ccccc1.[C]=O.[Co]. The van der Waals surface area contributed by atoms with E-state index in [9.17, 15) is 0 Å². The van der Waals surface area contributed by atoms with Crippen LogP contribution in [0.1, 0.15) is 12.5 Å². The van der Waals surface area contributed by atoms with Gasteiger partial charge in [0.2, 0.25) is 0 Å². The van der Waals surface area contributed by atoms with Crippen LogP contribution in [0.5, 0.6) is 0 Å². The summed E-state index contributed by atoms with van der Waals surface area (Å²) in [5.41, 5.74) is 4.50. The van der Waals surface area contributed by atoms with E-state index in [1.54, 1.807) is 7.11 Å². The third kappa shape index (κ3) is 10.8. The standard InChI is InChI=1S/C16H24O2Si.CO.Co/c1-14(16(17-2)11-12-19(3,4)5)18-13-15-9-7-6-8-10-15;1-2;/h6-10,14,16H,13H2,1-5H3;;/t14-,16?;;/m1../s1. The maximum Gasteiger partial charge on any atom is 0.281 e. The molecule has 1 unspecified atom stereocenters. The second kappa shape index (κ2) is 12.6. The molecule has 0 amide bonds. The van der Waals surface area contributed by atoms with Gasteiger partial charge < -0.3 is 9.47 Å². The zero-order valence-corrected chi connectivity index (χ0v) is 15.8. The summed E-state index contributed by atoms with van der Waals surface area (Å²) < 4.78 is 11.3. The fourth-order valence-corrected chi connectivity index (χ4v) is 2.12. The molecule has 5 heteroatoms. The van der Waals surface area contributed by atoms with Gasteiger partial charge in [-0.25, -0.2) is 0 Å². The zero-order valence-electron chi connectivity index (χ0n) is 13.8. The number of methoxy groups -OCH3 is 1. The van der Waals surface area contributed by atoms with Crippen LogP contribution in [0.25, 0.3) is 0 Å². The molecule has 123 valence electrons. The van der Waals surface area contributed by atoms with Gasteiger partial charge in [-0.05, 0) is 12.5 Å². The fourth-order valence-electron chi connectivity index (χ4n) is 1.54. The van der Waals surface area contributed by atoms with E-state index in [1.165, 1.54) is 5.56 Å². The molecule has 0 aliphatic rings. The average molecular weight is 363 g/mol. The Balaban J connectivity index is 0. The van der Waals surface area contributed by atoms with Crippen molar-refractivity contribution in [1.29, 1.82) is 0 Å². The molecule has 0 bridgehead atoms. The monoisotopic (exact) mass is 363 g/mol. The summed E-state index contributed by atoms with van der Waals surface area (Å²) in [6.07, 6.45) is -0.190. The molecule has 0 N–H and O–H groups in total. The summed E-state index contributed by atoms with van der Waals surface area (Å²) >= 11 is 0. The van der Waals surface area contributed by atoms with Crippen molar-refractivity contribution in [3.05, 3.63) is 35.9 Å². The fraction of sp³-hybridized carbons (Fsp3) is 0.471. The van der Waals surface area contributed by atoms with Crippen LogP contribution in [0.2, 0.25) is 19.6 Å². The van der Waals surface area contributed by atoms with Gasteiger partial charge in [0.1, 0.15) is 14.2 Å². The van der Waals surface area contributed by atoms with Crippen LogP contribution in [0.3, 0.4) is 0 Å². The summed E-state index contributed by atoms with van der Waals surface area (Å²) in [6.45, 7) is 13.8. The molecule has 0 aliphatic heterocycles. The van der Waals surface area contributed by atoms with Crippen LogP contribution in [0, 0.1) is 11.5 Å². The first kappa shape index (κ1) is 23.4. The largest absolute Gasteiger partial charge is 0.370 e. The van der Waals surface area contributed by atoms with Gasteiger partial charge in [0.05, 0.1) is 12.7 Å². The summed E-state index contributed by atoms with van der Waals surface area (Å²) in [6, 6.07) is 10.2. The Morgan fingerprint density at radius 3 is 2.18 bits per heavy atom. The minimum atomic E-state index is -1.37. The van der Waals surface area contributed by atoms with Crippen molar-refractivity contribution in [2.24, 2.45) is 0 Å². The van der Waals surface area contributed by atoms with Gasteiger partial charge in [0.15, 0.2) is 0 Å². The van der Waals surface area contributed by atoms with Gasteiger partial charge in [-0.1, -0.05) is 55.9 Å². The molecule has 1 aromatic rings. The number of hydrogen-bond donors (Lipinski definition) is 0. The average Bonchev–Trinajstić information content (AvgIpc) is 2.48. The molecule has 0 spiro atoms. The number of carbonyl (C=O) groups excluding carboxylic acids is 1. The molecule has 0 aliphatic carbocycles. The predicted molar refractivity (Wildman–Crippen MR) is 88.3 cm³/mol. The Morgan fingerprint density at radius 2 is 1.73 bits per heavy atom.